The minimum atomic E-state index is -0.420. The number of ether oxygens (including phenoxy) is 1. The van der Waals surface area contributed by atoms with E-state index in [4.69, 9.17) is 22.2 Å². The van der Waals surface area contributed by atoms with Crippen molar-refractivity contribution in [1.29, 1.82) is 0 Å². The van der Waals surface area contributed by atoms with Crippen LogP contribution in [0.2, 0.25) is 5.02 Å². The molecule has 0 spiro atoms. The quantitative estimate of drug-likeness (QED) is 0.385. The molecule has 114 valence electrons. The number of rotatable bonds is 5. The summed E-state index contributed by atoms with van der Waals surface area (Å²) in [6.07, 6.45) is 2.85. The number of hydrogen-bond donors (Lipinski definition) is 2. The van der Waals surface area contributed by atoms with Crippen LogP contribution in [-0.2, 0) is 11.4 Å². The molecular weight excluding hydrogens is 307 g/mol. The molecule has 0 saturated carbocycles. The van der Waals surface area contributed by atoms with Gasteiger partial charge in [-0.05, 0) is 29.8 Å². The van der Waals surface area contributed by atoms with E-state index in [1.54, 1.807) is 42.5 Å². The van der Waals surface area contributed by atoms with Gasteiger partial charge in [-0.3, -0.25) is 10.2 Å². The molecular formula is C16H14ClFN2O2. The minimum absolute atomic E-state index is 0.0805. The second kappa shape index (κ2) is 7.59. The number of hydrazine groups is 1. The van der Waals surface area contributed by atoms with Crippen molar-refractivity contribution in [1.82, 2.24) is 5.43 Å². The molecule has 6 heteroatoms. The standard InChI is InChI=1S/C16H14ClFN2O2/c17-13-9-11(6-8-16(21)20-19)5-7-15(13)22-10-12-3-1-2-4-14(12)18/h1-9H,10,19H2,(H,20,21)/b8-6+. The Morgan fingerprint density at radius 1 is 1.32 bits per heavy atom. The lowest BCUT2D eigenvalue weighted by molar-refractivity contribution is -0.116. The molecule has 2 aromatic rings. The zero-order valence-corrected chi connectivity index (χ0v) is 12.3. The second-order valence-electron chi connectivity index (χ2n) is 4.41. The van der Waals surface area contributed by atoms with Gasteiger partial charge < -0.3 is 4.74 Å². The Morgan fingerprint density at radius 3 is 2.77 bits per heavy atom. The van der Waals surface area contributed by atoms with Gasteiger partial charge in [0.05, 0.1) is 5.02 Å². The average molecular weight is 321 g/mol. The molecule has 0 unspecified atom stereocenters. The highest BCUT2D eigenvalue weighted by Crippen LogP contribution is 2.27. The monoisotopic (exact) mass is 320 g/mol. The van der Waals surface area contributed by atoms with Crippen LogP contribution in [0.4, 0.5) is 4.39 Å². The first kappa shape index (κ1) is 16.0. The van der Waals surface area contributed by atoms with Crippen molar-refractivity contribution in [3.05, 3.63) is 70.5 Å². The van der Waals surface area contributed by atoms with Gasteiger partial charge in [-0.2, -0.15) is 0 Å². The summed E-state index contributed by atoms with van der Waals surface area (Å²) in [5.41, 5.74) is 3.15. The third-order valence-corrected chi connectivity index (χ3v) is 3.16. The normalized spacial score (nSPS) is 10.7. The number of benzene rings is 2. The Morgan fingerprint density at radius 2 is 2.09 bits per heavy atom. The van der Waals surface area contributed by atoms with Crippen molar-refractivity contribution >= 4 is 23.6 Å². The minimum Gasteiger partial charge on any atom is -0.487 e. The number of halogens is 2. The second-order valence-corrected chi connectivity index (χ2v) is 4.82. The highest BCUT2D eigenvalue weighted by atomic mass is 35.5. The molecule has 4 nitrogen and oxygen atoms in total. The van der Waals surface area contributed by atoms with E-state index < -0.39 is 5.91 Å². The number of hydrogen-bond acceptors (Lipinski definition) is 3. The third kappa shape index (κ3) is 4.31. The summed E-state index contributed by atoms with van der Waals surface area (Å²) < 4.78 is 19.0. The average Bonchev–Trinajstić information content (AvgIpc) is 2.53. The highest BCUT2D eigenvalue weighted by molar-refractivity contribution is 6.32. The number of nitrogens with two attached hydrogens (primary N) is 1. The predicted octanol–water partition coefficient (Wildman–Crippen LogP) is 3.06. The summed E-state index contributed by atoms with van der Waals surface area (Å²) >= 11 is 6.11. The van der Waals surface area contributed by atoms with Crippen LogP contribution in [0.25, 0.3) is 6.08 Å². The topological polar surface area (TPSA) is 64.3 Å². The Labute approximate surface area is 132 Å². The molecule has 1 amide bonds. The molecule has 0 aliphatic heterocycles. The van der Waals surface area contributed by atoms with Crippen molar-refractivity contribution in [3.8, 4) is 5.75 Å². The lowest BCUT2D eigenvalue weighted by Gasteiger charge is -2.09. The first-order chi connectivity index (χ1) is 10.6. The van der Waals surface area contributed by atoms with E-state index in [1.807, 2.05) is 5.43 Å². The number of carbonyl (C=O) groups excluding carboxylic acids is 1. The van der Waals surface area contributed by atoms with Gasteiger partial charge in [-0.1, -0.05) is 35.9 Å². The highest BCUT2D eigenvalue weighted by Gasteiger charge is 2.05. The van der Waals surface area contributed by atoms with E-state index in [-0.39, 0.29) is 12.4 Å². The summed E-state index contributed by atoms with van der Waals surface area (Å²) in [5.74, 6) is 4.66. The maximum absolute atomic E-state index is 13.5. The molecule has 0 aromatic heterocycles. The number of nitrogens with one attached hydrogen (secondary N) is 1. The Kier molecular flexibility index (Phi) is 5.52. The van der Waals surface area contributed by atoms with E-state index in [2.05, 4.69) is 0 Å². The Hall–Kier alpha value is -2.37. The maximum atomic E-state index is 13.5. The fraction of sp³-hybridized carbons (Fsp3) is 0.0625. The van der Waals surface area contributed by atoms with Gasteiger partial charge in [-0.25, -0.2) is 10.2 Å². The predicted molar refractivity (Wildman–Crippen MR) is 83.5 cm³/mol. The Balaban J connectivity index is 2.05. The van der Waals surface area contributed by atoms with Crippen LogP contribution >= 0.6 is 11.6 Å². The molecule has 0 saturated heterocycles. The zero-order chi connectivity index (χ0) is 15.9. The molecule has 0 bridgehead atoms. The van der Waals surface area contributed by atoms with Crippen LogP contribution in [0.15, 0.2) is 48.5 Å². The molecule has 2 aromatic carbocycles. The first-order valence-electron chi connectivity index (χ1n) is 6.44. The van der Waals surface area contributed by atoms with Crippen LogP contribution in [0.3, 0.4) is 0 Å². The van der Waals surface area contributed by atoms with E-state index in [9.17, 15) is 9.18 Å². The van der Waals surface area contributed by atoms with E-state index >= 15 is 0 Å². The van der Waals surface area contributed by atoms with Crippen molar-refractivity contribution in [2.24, 2.45) is 5.84 Å². The van der Waals surface area contributed by atoms with Gasteiger partial charge >= 0.3 is 0 Å². The summed E-state index contributed by atoms with van der Waals surface area (Å²) in [6, 6.07) is 11.4. The zero-order valence-electron chi connectivity index (χ0n) is 11.6. The number of carbonyl (C=O) groups is 1. The van der Waals surface area contributed by atoms with Crippen molar-refractivity contribution in [3.63, 3.8) is 0 Å². The van der Waals surface area contributed by atoms with E-state index in [1.165, 1.54) is 12.1 Å². The van der Waals surface area contributed by atoms with E-state index in [0.29, 0.717) is 21.9 Å². The fourth-order valence-corrected chi connectivity index (χ4v) is 1.97. The molecule has 0 radical (unpaired) electrons. The molecule has 0 atom stereocenters. The van der Waals surface area contributed by atoms with E-state index in [0.717, 1.165) is 0 Å². The molecule has 0 heterocycles. The van der Waals surface area contributed by atoms with Crippen LogP contribution in [0.1, 0.15) is 11.1 Å². The summed E-state index contributed by atoms with van der Waals surface area (Å²) in [5, 5.41) is 0.367. The largest absolute Gasteiger partial charge is 0.487 e. The SMILES string of the molecule is NNC(=O)/C=C/c1ccc(OCc2ccccc2F)c(Cl)c1. The van der Waals surface area contributed by atoms with Gasteiger partial charge in [0.2, 0.25) is 0 Å². The maximum Gasteiger partial charge on any atom is 0.257 e. The van der Waals surface area contributed by atoms with Crippen molar-refractivity contribution in [2.45, 2.75) is 6.61 Å². The molecule has 0 aliphatic carbocycles. The molecule has 3 N–H and O–H groups in total. The van der Waals surface area contributed by atoms with Crippen molar-refractivity contribution in [2.75, 3.05) is 0 Å². The van der Waals surface area contributed by atoms with Crippen LogP contribution in [-0.4, -0.2) is 5.91 Å². The third-order valence-electron chi connectivity index (χ3n) is 2.87. The van der Waals surface area contributed by atoms with Gasteiger partial charge in [0.1, 0.15) is 18.2 Å². The first-order valence-corrected chi connectivity index (χ1v) is 6.82. The van der Waals surface area contributed by atoms with Gasteiger partial charge in [0.15, 0.2) is 0 Å². The summed E-state index contributed by atoms with van der Waals surface area (Å²) in [4.78, 5) is 11.0. The molecule has 22 heavy (non-hydrogen) atoms. The van der Waals surface area contributed by atoms with Gasteiger partial charge in [0.25, 0.3) is 5.91 Å². The van der Waals surface area contributed by atoms with Crippen molar-refractivity contribution < 1.29 is 13.9 Å². The number of amides is 1. The summed E-state index contributed by atoms with van der Waals surface area (Å²) in [6.45, 7) is 0.0805. The smallest absolute Gasteiger partial charge is 0.257 e. The summed E-state index contributed by atoms with van der Waals surface area (Å²) in [7, 11) is 0. The molecule has 2 rings (SSSR count). The lowest BCUT2D eigenvalue weighted by Crippen LogP contribution is -2.27. The Bertz CT molecular complexity index is 704. The van der Waals surface area contributed by atoms with Crippen LogP contribution in [0.5, 0.6) is 5.75 Å². The van der Waals surface area contributed by atoms with Gasteiger partial charge in [0, 0.05) is 11.6 Å². The lowest BCUT2D eigenvalue weighted by atomic mass is 10.2. The van der Waals surface area contributed by atoms with Crippen LogP contribution < -0.4 is 16.0 Å². The molecule has 0 fully saturated rings. The van der Waals surface area contributed by atoms with Crippen LogP contribution in [0, 0.1) is 5.82 Å². The fourth-order valence-electron chi connectivity index (χ4n) is 1.73. The molecule has 0 aliphatic rings. The van der Waals surface area contributed by atoms with Gasteiger partial charge in [-0.15, -0.1) is 0 Å².